The summed E-state index contributed by atoms with van der Waals surface area (Å²) in [5, 5.41) is 2.92. The number of benzene rings is 1. The number of fused-ring (bicyclic) bond motifs is 1. The predicted octanol–water partition coefficient (Wildman–Crippen LogP) is 4.19. The van der Waals surface area contributed by atoms with Crippen LogP contribution < -0.4 is 15.0 Å². The van der Waals surface area contributed by atoms with Crippen LogP contribution in [0, 0.1) is 6.92 Å². The summed E-state index contributed by atoms with van der Waals surface area (Å²) in [7, 11) is 1.56. The van der Waals surface area contributed by atoms with E-state index in [4.69, 9.17) is 4.74 Å². The van der Waals surface area contributed by atoms with Crippen molar-refractivity contribution in [3.8, 4) is 17.3 Å². The maximum atomic E-state index is 13.0. The van der Waals surface area contributed by atoms with E-state index in [2.05, 4.69) is 54.4 Å². The van der Waals surface area contributed by atoms with Crippen molar-refractivity contribution in [1.82, 2.24) is 19.9 Å². The molecule has 0 aliphatic carbocycles. The van der Waals surface area contributed by atoms with E-state index >= 15 is 0 Å². The van der Waals surface area contributed by atoms with Crippen LogP contribution in [0.4, 0.5) is 11.4 Å². The first kappa shape index (κ1) is 20.0. The van der Waals surface area contributed by atoms with Crippen LogP contribution in [0.15, 0.2) is 48.8 Å². The van der Waals surface area contributed by atoms with Gasteiger partial charge in [-0.05, 0) is 55.7 Å². The van der Waals surface area contributed by atoms with Gasteiger partial charge in [-0.2, -0.15) is 0 Å². The Labute approximate surface area is 185 Å². The molecule has 0 atom stereocenters. The van der Waals surface area contributed by atoms with Crippen LogP contribution in [0.25, 0.3) is 22.6 Å². The van der Waals surface area contributed by atoms with Crippen LogP contribution in [0.3, 0.4) is 0 Å². The fourth-order valence-corrected chi connectivity index (χ4v) is 4.00. The van der Waals surface area contributed by atoms with Gasteiger partial charge in [-0.1, -0.05) is 0 Å². The van der Waals surface area contributed by atoms with E-state index in [0.717, 1.165) is 24.2 Å². The van der Waals surface area contributed by atoms with Gasteiger partial charge in [0.1, 0.15) is 5.82 Å². The maximum Gasteiger partial charge on any atom is 0.258 e. The molecule has 162 valence electrons. The summed E-state index contributed by atoms with van der Waals surface area (Å²) in [4.78, 5) is 31.8. The second-order valence-electron chi connectivity index (χ2n) is 7.88. The lowest BCUT2D eigenvalue weighted by Gasteiger charge is -2.17. The zero-order valence-electron chi connectivity index (χ0n) is 18.1. The van der Waals surface area contributed by atoms with Gasteiger partial charge in [0.2, 0.25) is 5.88 Å². The molecule has 8 nitrogen and oxygen atoms in total. The van der Waals surface area contributed by atoms with Gasteiger partial charge in [-0.25, -0.2) is 15.0 Å². The van der Waals surface area contributed by atoms with Gasteiger partial charge in [0, 0.05) is 36.6 Å². The number of rotatable bonds is 5. The highest BCUT2D eigenvalue weighted by Gasteiger charge is 2.17. The zero-order chi connectivity index (χ0) is 22.1. The standard InChI is InChI=1S/C24H24N6O2/c1-15-13-20(32-2)26-14-19(15)27-24(31)18-9-10-25-23-21(18)28-22(29-23)16-5-7-17(8-6-16)30-11-3-4-12-30/h5-10,13-14H,3-4,11-12H2,1-2H3,(H,27,31)(H,25,28,29). The highest BCUT2D eigenvalue weighted by atomic mass is 16.5. The number of carbonyl (C=O) groups is 1. The predicted molar refractivity (Wildman–Crippen MR) is 124 cm³/mol. The number of aromatic nitrogens is 4. The average molecular weight is 428 g/mol. The first-order valence-electron chi connectivity index (χ1n) is 10.6. The highest BCUT2D eigenvalue weighted by Crippen LogP contribution is 2.26. The minimum absolute atomic E-state index is 0.257. The molecule has 0 unspecified atom stereocenters. The van der Waals surface area contributed by atoms with Gasteiger partial charge in [0.15, 0.2) is 5.65 Å². The number of hydrogen-bond donors (Lipinski definition) is 2. The van der Waals surface area contributed by atoms with Crippen molar-refractivity contribution in [3.63, 3.8) is 0 Å². The number of carbonyl (C=O) groups excluding carboxylic acids is 1. The van der Waals surface area contributed by atoms with Crippen LogP contribution in [-0.4, -0.2) is 46.0 Å². The number of hydrogen-bond acceptors (Lipinski definition) is 6. The van der Waals surface area contributed by atoms with E-state index in [-0.39, 0.29) is 5.91 Å². The van der Waals surface area contributed by atoms with Crippen molar-refractivity contribution in [2.24, 2.45) is 0 Å². The first-order chi connectivity index (χ1) is 15.6. The Morgan fingerprint density at radius 3 is 2.62 bits per heavy atom. The zero-order valence-corrected chi connectivity index (χ0v) is 18.1. The van der Waals surface area contributed by atoms with Crippen molar-refractivity contribution in [3.05, 3.63) is 59.9 Å². The number of nitrogens with zero attached hydrogens (tertiary/aromatic N) is 4. The molecule has 1 saturated heterocycles. The smallest absolute Gasteiger partial charge is 0.258 e. The monoisotopic (exact) mass is 428 g/mol. The molecule has 0 bridgehead atoms. The molecule has 1 aromatic carbocycles. The Balaban J connectivity index is 1.42. The van der Waals surface area contributed by atoms with E-state index in [1.54, 1.807) is 31.6 Å². The second-order valence-corrected chi connectivity index (χ2v) is 7.88. The van der Waals surface area contributed by atoms with Crippen molar-refractivity contribution < 1.29 is 9.53 Å². The van der Waals surface area contributed by atoms with E-state index in [0.29, 0.717) is 34.1 Å². The number of H-pyrrole nitrogens is 1. The van der Waals surface area contributed by atoms with E-state index in [1.165, 1.54) is 18.5 Å². The van der Waals surface area contributed by atoms with E-state index in [9.17, 15) is 4.79 Å². The van der Waals surface area contributed by atoms with Crippen molar-refractivity contribution in [2.45, 2.75) is 19.8 Å². The molecule has 8 heteroatoms. The van der Waals surface area contributed by atoms with Crippen LogP contribution in [0.2, 0.25) is 0 Å². The summed E-state index contributed by atoms with van der Waals surface area (Å²) in [5.74, 6) is 0.927. The number of methoxy groups -OCH3 is 1. The summed E-state index contributed by atoms with van der Waals surface area (Å²) >= 11 is 0. The summed E-state index contributed by atoms with van der Waals surface area (Å²) in [6, 6.07) is 11.8. The van der Waals surface area contributed by atoms with Gasteiger partial charge in [-0.15, -0.1) is 0 Å². The molecule has 4 heterocycles. The Bertz CT molecular complexity index is 1280. The lowest BCUT2D eigenvalue weighted by molar-refractivity contribution is 0.102. The third-order valence-electron chi connectivity index (χ3n) is 5.79. The van der Waals surface area contributed by atoms with Crippen molar-refractivity contribution >= 4 is 28.4 Å². The second kappa shape index (κ2) is 8.30. The molecule has 5 rings (SSSR count). The van der Waals surface area contributed by atoms with E-state index in [1.807, 2.05) is 6.92 Å². The summed E-state index contributed by atoms with van der Waals surface area (Å²) in [6.45, 7) is 4.10. The largest absolute Gasteiger partial charge is 0.481 e. The van der Waals surface area contributed by atoms with Gasteiger partial charge in [0.25, 0.3) is 5.91 Å². The number of imidazole rings is 1. The molecule has 0 spiro atoms. The summed E-state index contributed by atoms with van der Waals surface area (Å²) in [5.41, 5.74) is 5.23. The fraction of sp³-hybridized carbons (Fsp3) is 0.250. The molecule has 0 saturated carbocycles. The van der Waals surface area contributed by atoms with Crippen LogP contribution in [0.5, 0.6) is 5.88 Å². The van der Waals surface area contributed by atoms with Gasteiger partial charge in [-0.3, -0.25) is 4.79 Å². The lowest BCUT2D eigenvalue weighted by atomic mass is 10.2. The Kier molecular flexibility index (Phi) is 5.18. The molecule has 32 heavy (non-hydrogen) atoms. The van der Waals surface area contributed by atoms with Crippen LogP contribution in [-0.2, 0) is 0 Å². The Morgan fingerprint density at radius 2 is 1.91 bits per heavy atom. The average Bonchev–Trinajstić information content (AvgIpc) is 3.50. The molecular formula is C24H24N6O2. The quantitative estimate of drug-likeness (QED) is 0.495. The molecule has 1 aliphatic rings. The normalized spacial score (nSPS) is 13.5. The number of anilines is 2. The minimum Gasteiger partial charge on any atom is -0.481 e. The molecule has 0 radical (unpaired) electrons. The van der Waals surface area contributed by atoms with Crippen molar-refractivity contribution in [2.75, 3.05) is 30.4 Å². The van der Waals surface area contributed by atoms with Gasteiger partial charge in [0.05, 0.1) is 30.1 Å². The topological polar surface area (TPSA) is 96.0 Å². The molecule has 4 aromatic rings. The number of ether oxygens (including phenoxy) is 1. The molecule has 1 fully saturated rings. The molecule has 1 amide bonds. The number of amides is 1. The number of nitrogens with one attached hydrogen (secondary N) is 2. The third kappa shape index (κ3) is 3.75. The summed E-state index contributed by atoms with van der Waals surface area (Å²) < 4.78 is 5.13. The van der Waals surface area contributed by atoms with Gasteiger partial charge >= 0.3 is 0 Å². The fourth-order valence-electron chi connectivity index (χ4n) is 4.00. The van der Waals surface area contributed by atoms with Crippen molar-refractivity contribution in [1.29, 1.82) is 0 Å². The number of aryl methyl sites for hydroxylation is 1. The maximum absolute atomic E-state index is 13.0. The van der Waals surface area contributed by atoms with Crippen LogP contribution in [0.1, 0.15) is 28.8 Å². The Morgan fingerprint density at radius 1 is 1.12 bits per heavy atom. The van der Waals surface area contributed by atoms with Gasteiger partial charge < -0.3 is 19.9 Å². The number of pyridine rings is 2. The van der Waals surface area contributed by atoms with E-state index < -0.39 is 0 Å². The molecular weight excluding hydrogens is 404 g/mol. The molecule has 2 N–H and O–H groups in total. The highest BCUT2D eigenvalue weighted by molar-refractivity contribution is 6.11. The lowest BCUT2D eigenvalue weighted by Crippen LogP contribution is -2.17. The third-order valence-corrected chi connectivity index (χ3v) is 5.79. The minimum atomic E-state index is -0.257. The Hall–Kier alpha value is -3.94. The molecule has 3 aromatic heterocycles. The summed E-state index contributed by atoms with van der Waals surface area (Å²) in [6.07, 6.45) is 5.67. The first-order valence-corrected chi connectivity index (χ1v) is 10.6. The SMILES string of the molecule is COc1cc(C)c(NC(=O)c2ccnc3nc(-c4ccc(N5CCCC5)cc4)[nH]c23)cn1. The van der Waals surface area contributed by atoms with Crippen LogP contribution >= 0.6 is 0 Å². The molecule has 1 aliphatic heterocycles. The number of aromatic amines is 1.